The lowest BCUT2D eigenvalue weighted by Gasteiger charge is -2.07. The average Bonchev–Trinajstić information content (AvgIpc) is 3.03. The van der Waals surface area contributed by atoms with Crippen molar-refractivity contribution in [2.24, 2.45) is 0 Å². The number of rotatable bonds is 6. The number of amides is 1. The molecule has 3 heterocycles. The highest BCUT2D eigenvalue weighted by atomic mass is 16.1. The Hall–Kier alpha value is -3.03. The second kappa shape index (κ2) is 6.61. The van der Waals surface area contributed by atoms with Gasteiger partial charge in [0.2, 0.25) is 5.91 Å². The molecule has 22 heavy (non-hydrogen) atoms. The molecule has 3 rings (SSSR count). The third-order valence-electron chi connectivity index (χ3n) is 3.11. The van der Waals surface area contributed by atoms with Gasteiger partial charge in [-0.25, -0.2) is 15.0 Å². The lowest BCUT2D eigenvalue weighted by molar-refractivity contribution is -0.121. The van der Waals surface area contributed by atoms with Gasteiger partial charge in [-0.05, 0) is 17.7 Å². The monoisotopic (exact) mass is 297 g/mol. The van der Waals surface area contributed by atoms with Crippen LogP contribution in [0, 0.1) is 0 Å². The summed E-state index contributed by atoms with van der Waals surface area (Å²) < 4.78 is 0. The standard InChI is InChI=1S/C14H15N7O/c22-11(17-7-10-1-4-15-5-2-10)3-6-16-13-12-14(19-8-18-12)21-9-20-13/h1-2,4-5,8-9H,3,6-7H2,(H,17,22)(H2,16,18,19,20,21). The number of hydrogen-bond donors (Lipinski definition) is 3. The van der Waals surface area contributed by atoms with Gasteiger partial charge in [-0.2, -0.15) is 0 Å². The van der Waals surface area contributed by atoms with Crippen LogP contribution < -0.4 is 10.6 Å². The van der Waals surface area contributed by atoms with E-state index in [0.29, 0.717) is 31.0 Å². The maximum atomic E-state index is 11.8. The molecule has 3 N–H and O–H groups in total. The number of carbonyl (C=O) groups is 1. The Labute approximate surface area is 126 Å². The molecule has 112 valence electrons. The van der Waals surface area contributed by atoms with E-state index in [-0.39, 0.29) is 5.91 Å². The molecule has 3 aromatic rings. The van der Waals surface area contributed by atoms with Gasteiger partial charge in [-0.3, -0.25) is 9.78 Å². The fourth-order valence-corrected chi connectivity index (χ4v) is 1.98. The zero-order valence-electron chi connectivity index (χ0n) is 11.8. The van der Waals surface area contributed by atoms with Crippen LogP contribution in [-0.2, 0) is 11.3 Å². The maximum Gasteiger partial charge on any atom is 0.222 e. The zero-order valence-corrected chi connectivity index (χ0v) is 11.8. The molecule has 0 aliphatic carbocycles. The van der Waals surface area contributed by atoms with Crippen LogP contribution in [0.25, 0.3) is 11.2 Å². The molecule has 0 aromatic carbocycles. The maximum absolute atomic E-state index is 11.8. The summed E-state index contributed by atoms with van der Waals surface area (Å²) >= 11 is 0. The molecule has 0 atom stereocenters. The Balaban J connectivity index is 1.46. The van der Waals surface area contributed by atoms with E-state index in [4.69, 9.17) is 0 Å². The molecule has 8 nitrogen and oxygen atoms in total. The van der Waals surface area contributed by atoms with E-state index in [2.05, 4.69) is 35.6 Å². The molecule has 0 unspecified atom stereocenters. The van der Waals surface area contributed by atoms with Gasteiger partial charge in [0.1, 0.15) is 11.8 Å². The van der Waals surface area contributed by atoms with Crippen LogP contribution >= 0.6 is 0 Å². The third-order valence-corrected chi connectivity index (χ3v) is 3.11. The van der Waals surface area contributed by atoms with E-state index < -0.39 is 0 Å². The van der Waals surface area contributed by atoms with Crippen molar-refractivity contribution in [2.75, 3.05) is 11.9 Å². The lowest BCUT2D eigenvalue weighted by atomic mass is 10.2. The first-order chi connectivity index (χ1) is 10.8. The van der Waals surface area contributed by atoms with Gasteiger partial charge < -0.3 is 15.6 Å². The number of fused-ring (bicyclic) bond motifs is 1. The molecule has 3 aromatic heterocycles. The summed E-state index contributed by atoms with van der Waals surface area (Å²) in [5, 5.41) is 5.97. The molecule has 1 amide bonds. The summed E-state index contributed by atoms with van der Waals surface area (Å²) in [4.78, 5) is 30.9. The Bertz CT molecular complexity index is 756. The summed E-state index contributed by atoms with van der Waals surface area (Å²) in [6.07, 6.45) is 6.76. The minimum Gasteiger partial charge on any atom is -0.368 e. The van der Waals surface area contributed by atoms with Gasteiger partial charge in [0.25, 0.3) is 0 Å². The number of imidazole rings is 1. The third kappa shape index (κ3) is 3.35. The number of anilines is 1. The molecular weight excluding hydrogens is 282 g/mol. The minimum absolute atomic E-state index is 0.0285. The molecule has 0 fully saturated rings. The molecule has 0 aliphatic heterocycles. The van der Waals surface area contributed by atoms with E-state index in [1.807, 2.05) is 12.1 Å². The first-order valence-electron chi connectivity index (χ1n) is 6.86. The van der Waals surface area contributed by atoms with E-state index in [1.54, 1.807) is 18.7 Å². The number of pyridine rings is 1. The Morgan fingerprint density at radius 1 is 1.18 bits per heavy atom. The SMILES string of the molecule is O=C(CCNc1ncnc2nc[nH]c12)NCc1ccncc1. The number of aromatic amines is 1. The molecular formula is C14H15N7O. The molecule has 0 spiro atoms. The normalized spacial score (nSPS) is 10.5. The largest absolute Gasteiger partial charge is 0.368 e. The molecule has 0 saturated heterocycles. The van der Waals surface area contributed by atoms with Crippen LogP contribution in [0.3, 0.4) is 0 Å². The van der Waals surface area contributed by atoms with Gasteiger partial charge in [0.05, 0.1) is 6.33 Å². The summed E-state index contributed by atoms with van der Waals surface area (Å²) in [5.74, 6) is 0.614. The van der Waals surface area contributed by atoms with Gasteiger partial charge >= 0.3 is 0 Å². The van der Waals surface area contributed by atoms with E-state index >= 15 is 0 Å². The summed E-state index contributed by atoms with van der Waals surface area (Å²) in [5.41, 5.74) is 2.35. The van der Waals surface area contributed by atoms with E-state index in [1.165, 1.54) is 6.33 Å². The Morgan fingerprint density at radius 3 is 2.91 bits per heavy atom. The summed E-state index contributed by atoms with van der Waals surface area (Å²) in [7, 11) is 0. The number of nitrogens with one attached hydrogen (secondary N) is 3. The van der Waals surface area contributed by atoms with Gasteiger partial charge in [-0.1, -0.05) is 0 Å². The van der Waals surface area contributed by atoms with Crippen LogP contribution in [0.5, 0.6) is 0 Å². The second-order valence-electron chi connectivity index (χ2n) is 4.63. The fourth-order valence-electron chi connectivity index (χ4n) is 1.98. The quantitative estimate of drug-likeness (QED) is 0.623. The number of carbonyl (C=O) groups excluding carboxylic acids is 1. The van der Waals surface area contributed by atoms with Gasteiger partial charge in [0, 0.05) is 31.9 Å². The number of hydrogen-bond acceptors (Lipinski definition) is 6. The highest BCUT2D eigenvalue weighted by molar-refractivity contribution is 5.82. The van der Waals surface area contributed by atoms with Crippen molar-refractivity contribution in [1.29, 1.82) is 0 Å². The minimum atomic E-state index is -0.0285. The Kier molecular flexibility index (Phi) is 4.19. The average molecular weight is 297 g/mol. The van der Waals surface area contributed by atoms with Crippen molar-refractivity contribution in [1.82, 2.24) is 30.2 Å². The first kappa shape index (κ1) is 13.9. The molecule has 0 bridgehead atoms. The molecule has 0 aliphatic rings. The molecule has 0 saturated carbocycles. The highest BCUT2D eigenvalue weighted by Crippen LogP contribution is 2.13. The second-order valence-corrected chi connectivity index (χ2v) is 4.63. The molecule has 0 radical (unpaired) electrons. The van der Waals surface area contributed by atoms with Crippen molar-refractivity contribution in [3.05, 3.63) is 42.7 Å². The van der Waals surface area contributed by atoms with Crippen molar-refractivity contribution in [3.8, 4) is 0 Å². The van der Waals surface area contributed by atoms with Crippen molar-refractivity contribution in [3.63, 3.8) is 0 Å². The number of aromatic nitrogens is 5. The summed E-state index contributed by atoms with van der Waals surface area (Å²) in [6, 6.07) is 3.74. The predicted molar refractivity (Wildman–Crippen MR) is 80.9 cm³/mol. The Morgan fingerprint density at radius 2 is 2.05 bits per heavy atom. The topological polar surface area (TPSA) is 108 Å². The van der Waals surface area contributed by atoms with Crippen LogP contribution in [0.2, 0.25) is 0 Å². The summed E-state index contributed by atoms with van der Waals surface area (Å²) in [6.45, 7) is 0.979. The fraction of sp³-hybridized carbons (Fsp3) is 0.214. The first-order valence-corrected chi connectivity index (χ1v) is 6.86. The van der Waals surface area contributed by atoms with E-state index in [0.717, 1.165) is 11.1 Å². The number of nitrogens with zero attached hydrogens (tertiary/aromatic N) is 4. The highest BCUT2D eigenvalue weighted by Gasteiger charge is 2.06. The van der Waals surface area contributed by atoms with Crippen LogP contribution in [0.4, 0.5) is 5.82 Å². The number of H-pyrrole nitrogens is 1. The van der Waals surface area contributed by atoms with Gasteiger partial charge in [-0.15, -0.1) is 0 Å². The van der Waals surface area contributed by atoms with Gasteiger partial charge in [0.15, 0.2) is 11.5 Å². The van der Waals surface area contributed by atoms with E-state index in [9.17, 15) is 4.79 Å². The van der Waals surface area contributed by atoms with Crippen molar-refractivity contribution in [2.45, 2.75) is 13.0 Å². The van der Waals surface area contributed by atoms with Crippen LogP contribution in [0.15, 0.2) is 37.2 Å². The molecule has 8 heteroatoms. The van der Waals surface area contributed by atoms with Crippen molar-refractivity contribution >= 4 is 22.9 Å². The van der Waals surface area contributed by atoms with Crippen LogP contribution in [0.1, 0.15) is 12.0 Å². The smallest absolute Gasteiger partial charge is 0.222 e. The lowest BCUT2D eigenvalue weighted by Crippen LogP contribution is -2.25. The zero-order chi connectivity index (χ0) is 15.2. The van der Waals surface area contributed by atoms with Crippen LogP contribution in [-0.4, -0.2) is 37.4 Å². The van der Waals surface area contributed by atoms with Crippen molar-refractivity contribution < 1.29 is 4.79 Å². The predicted octanol–water partition coefficient (Wildman–Crippen LogP) is 0.866.